The van der Waals surface area contributed by atoms with Gasteiger partial charge in [0, 0.05) is 25.3 Å². The zero-order valence-electron chi connectivity index (χ0n) is 20.4. The average Bonchev–Trinajstić information content (AvgIpc) is 3.58. The van der Waals surface area contributed by atoms with Crippen molar-refractivity contribution >= 4 is 54.2 Å². The molecular weight excluding hydrogens is 534 g/mol. The van der Waals surface area contributed by atoms with Gasteiger partial charge in [-0.2, -0.15) is 4.31 Å². The maximum atomic E-state index is 13.7. The summed E-state index contributed by atoms with van der Waals surface area (Å²) in [5.74, 6) is 0.243. The maximum absolute atomic E-state index is 13.7. The number of hydrogen-bond donors (Lipinski definition) is 0. The first-order valence-electron chi connectivity index (χ1n) is 11.7. The van der Waals surface area contributed by atoms with Crippen molar-refractivity contribution in [2.24, 2.45) is 0 Å². The van der Waals surface area contributed by atoms with E-state index in [1.165, 1.54) is 52.1 Å². The number of ether oxygens (including phenoxy) is 2. The number of carbonyl (C=O) groups is 1. The van der Waals surface area contributed by atoms with Crippen molar-refractivity contribution in [2.45, 2.75) is 23.8 Å². The minimum absolute atomic E-state index is 0.0786. The summed E-state index contributed by atoms with van der Waals surface area (Å²) in [5, 5.41) is 0.976. The smallest absolute Gasteiger partial charge is 0.260 e. The van der Waals surface area contributed by atoms with Gasteiger partial charge in [0.1, 0.15) is 11.3 Å². The van der Waals surface area contributed by atoms with E-state index in [1.54, 1.807) is 24.1 Å². The van der Waals surface area contributed by atoms with Crippen LogP contribution in [0, 0.1) is 0 Å². The molecule has 1 unspecified atom stereocenters. The maximum Gasteiger partial charge on any atom is 0.260 e. The fourth-order valence-electron chi connectivity index (χ4n) is 4.09. The molecule has 1 saturated heterocycles. The van der Waals surface area contributed by atoms with Crippen LogP contribution in [0.25, 0.3) is 10.2 Å². The molecule has 0 bridgehead atoms. The summed E-state index contributed by atoms with van der Waals surface area (Å²) in [7, 11) is -2.23. The third-order valence-corrected chi connectivity index (χ3v) is 9.34. The highest BCUT2D eigenvalue weighted by atomic mass is 35.5. The lowest BCUT2D eigenvalue weighted by molar-refractivity contribution is 0.0917. The molecule has 196 valence electrons. The van der Waals surface area contributed by atoms with Gasteiger partial charge in [0.05, 0.1) is 34.4 Å². The molecule has 11 heteroatoms. The van der Waals surface area contributed by atoms with Gasteiger partial charge in [0.25, 0.3) is 5.91 Å². The largest absolute Gasteiger partial charge is 0.494 e. The number of amides is 1. The van der Waals surface area contributed by atoms with E-state index in [9.17, 15) is 13.2 Å². The average molecular weight is 562 g/mol. The molecule has 0 spiro atoms. The van der Waals surface area contributed by atoms with Crippen LogP contribution in [0.1, 0.15) is 23.2 Å². The normalized spacial score (nSPS) is 15.7. The van der Waals surface area contributed by atoms with E-state index in [0.29, 0.717) is 44.8 Å². The van der Waals surface area contributed by atoms with Crippen molar-refractivity contribution in [3.05, 3.63) is 72.3 Å². The molecule has 37 heavy (non-hydrogen) atoms. The summed E-state index contributed by atoms with van der Waals surface area (Å²) < 4.78 is 39.3. The second kappa shape index (κ2) is 11.7. The lowest BCUT2D eigenvalue weighted by Gasteiger charge is -2.23. The van der Waals surface area contributed by atoms with Crippen molar-refractivity contribution in [1.29, 1.82) is 0 Å². The number of halogens is 1. The highest BCUT2D eigenvalue weighted by Gasteiger charge is 2.29. The van der Waals surface area contributed by atoms with Gasteiger partial charge in [-0.25, -0.2) is 13.4 Å². The molecule has 0 N–H and O–H groups in total. The van der Waals surface area contributed by atoms with Crippen LogP contribution in [0.2, 0.25) is 5.02 Å². The van der Waals surface area contributed by atoms with Crippen molar-refractivity contribution in [3.63, 3.8) is 0 Å². The Kier molecular flexibility index (Phi) is 8.66. The third kappa shape index (κ3) is 5.73. The summed E-state index contributed by atoms with van der Waals surface area (Å²) in [6.45, 7) is 8.50. The number of aromatic nitrogens is 1. The van der Waals surface area contributed by atoms with Gasteiger partial charge in [-0.05, 0) is 49.2 Å². The minimum atomic E-state index is -3.78. The summed E-state index contributed by atoms with van der Waals surface area (Å²) in [6, 6.07) is 9.37. The number of sulfonamides is 1. The van der Waals surface area contributed by atoms with Crippen LogP contribution in [0.4, 0.5) is 5.13 Å². The Labute approximate surface area is 225 Å². The summed E-state index contributed by atoms with van der Waals surface area (Å²) in [4.78, 5) is 20.1. The first-order chi connectivity index (χ1) is 17.8. The monoisotopic (exact) mass is 561 g/mol. The lowest BCUT2D eigenvalue weighted by atomic mass is 10.2. The van der Waals surface area contributed by atoms with Gasteiger partial charge in [-0.1, -0.05) is 35.1 Å². The van der Waals surface area contributed by atoms with Crippen LogP contribution in [-0.4, -0.2) is 63.1 Å². The number of rotatable bonds is 11. The molecule has 1 fully saturated rings. The molecule has 1 atom stereocenters. The molecule has 8 nitrogen and oxygen atoms in total. The Morgan fingerprint density at radius 3 is 2.51 bits per heavy atom. The van der Waals surface area contributed by atoms with Gasteiger partial charge in [0.2, 0.25) is 10.0 Å². The third-order valence-electron chi connectivity index (χ3n) is 5.96. The first kappa shape index (κ1) is 27.3. The predicted octanol–water partition coefficient (Wildman–Crippen LogP) is 5.15. The number of benzene rings is 2. The van der Waals surface area contributed by atoms with E-state index in [2.05, 4.69) is 13.2 Å². The summed E-state index contributed by atoms with van der Waals surface area (Å²) in [6.07, 6.45) is 4.66. The number of thiazole rings is 1. The summed E-state index contributed by atoms with van der Waals surface area (Å²) >= 11 is 7.71. The van der Waals surface area contributed by atoms with Crippen molar-refractivity contribution in [1.82, 2.24) is 9.29 Å². The van der Waals surface area contributed by atoms with E-state index in [0.717, 1.165) is 12.8 Å². The fourth-order valence-corrected chi connectivity index (χ4v) is 6.74. The second-order valence-electron chi connectivity index (χ2n) is 8.40. The van der Waals surface area contributed by atoms with Crippen molar-refractivity contribution in [2.75, 3.05) is 38.3 Å². The lowest BCUT2D eigenvalue weighted by Crippen LogP contribution is -2.37. The van der Waals surface area contributed by atoms with Crippen LogP contribution in [0.5, 0.6) is 5.75 Å². The molecule has 0 radical (unpaired) electrons. The molecule has 0 saturated carbocycles. The second-order valence-corrected chi connectivity index (χ2v) is 11.7. The van der Waals surface area contributed by atoms with E-state index in [4.69, 9.17) is 26.1 Å². The van der Waals surface area contributed by atoms with Crippen LogP contribution >= 0.6 is 22.9 Å². The SMILES string of the molecule is C=CCN(CC=C)S(=O)(=O)c1ccc(C(=O)N(CC2CCCO2)c2nc3c(OC)ccc(Cl)c3s2)cc1. The van der Waals surface area contributed by atoms with Crippen LogP contribution < -0.4 is 9.64 Å². The number of methoxy groups -OCH3 is 1. The molecule has 0 aliphatic carbocycles. The van der Waals surface area contributed by atoms with Crippen LogP contribution in [0.3, 0.4) is 0 Å². The first-order valence-corrected chi connectivity index (χ1v) is 14.3. The Hall–Kier alpha value is -2.76. The van der Waals surface area contributed by atoms with Crippen LogP contribution in [-0.2, 0) is 14.8 Å². The number of nitrogens with zero attached hydrogens (tertiary/aromatic N) is 3. The summed E-state index contributed by atoms with van der Waals surface area (Å²) in [5.41, 5.74) is 0.902. The van der Waals surface area contributed by atoms with Crippen LogP contribution in [0.15, 0.2) is 66.6 Å². The topological polar surface area (TPSA) is 89.0 Å². The van der Waals surface area contributed by atoms with Gasteiger partial charge in [-0.3, -0.25) is 9.69 Å². The number of hydrogen-bond acceptors (Lipinski definition) is 7. The number of fused-ring (bicyclic) bond motifs is 1. The van der Waals surface area contributed by atoms with Gasteiger partial charge in [-0.15, -0.1) is 13.2 Å². The molecule has 2 aromatic carbocycles. The van der Waals surface area contributed by atoms with Crippen molar-refractivity contribution < 1.29 is 22.7 Å². The Bertz CT molecular complexity index is 1390. The van der Waals surface area contributed by atoms with E-state index in [-0.39, 0.29) is 30.0 Å². The standard InChI is InChI=1S/C26H28ClN3O5S2/c1-4-14-29(15-5-2)37(32,33)20-10-8-18(9-11-20)25(31)30(17-19-7-6-16-35-19)26-28-23-22(34-3)13-12-21(27)24(23)36-26/h4-5,8-13,19H,1-2,6-7,14-17H2,3H3. The molecule has 3 aromatic rings. The molecule has 1 amide bonds. The zero-order valence-corrected chi connectivity index (χ0v) is 22.8. The van der Waals surface area contributed by atoms with Gasteiger partial charge in [0.15, 0.2) is 5.13 Å². The highest BCUT2D eigenvalue weighted by molar-refractivity contribution is 7.89. The number of anilines is 1. The van der Waals surface area contributed by atoms with E-state index in [1.807, 2.05) is 0 Å². The quantitative estimate of drug-likeness (QED) is 0.301. The zero-order chi connectivity index (χ0) is 26.6. The van der Waals surface area contributed by atoms with Gasteiger partial charge < -0.3 is 9.47 Å². The fraction of sp³-hybridized carbons (Fsp3) is 0.308. The van der Waals surface area contributed by atoms with E-state index < -0.39 is 10.0 Å². The molecular formula is C26H28ClN3O5S2. The highest BCUT2D eigenvalue weighted by Crippen LogP contribution is 2.39. The molecule has 1 aliphatic rings. The van der Waals surface area contributed by atoms with E-state index >= 15 is 0 Å². The Balaban J connectivity index is 1.69. The molecule has 2 heterocycles. The molecule has 1 aliphatic heterocycles. The Morgan fingerprint density at radius 2 is 1.92 bits per heavy atom. The van der Waals surface area contributed by atoms with Gasteiger partial charge >= 0.3 is 0 Å². The Morgan fingerprint density at radius 1 is 1.22 bits per heavy atom. The predicted molar refractivity (Wildman–Crippen MR) is 147 cm³/mol. The van der Waals surface area contributed by atoms with Crippen molar-refractivity contribution in [3.8, 4) is 5.75 Å². The minimum Gasteiger partial charge on any atom is -0.494 e. The molecule has 1 aromatic heterocycles. The number of carbonyl (C=O) groups excluding carboxylic acids is 1. The molecule has 4 rings (SSSR count).